The van der Waals surface area contributed by atoms with E-state index in [4.69, 9.17) is 0 Å². The highest BCUT2D eigenvalue weighted by Crippen LogP contribution is 2.25. The summed E-state index contributed by atoms with van der Waals surface area (Å²) in [6.45, 7) is 3.77. The Balaban J connectivity index is 2.85. The standard InChI is InChI=1S/C12H13F4NO/c1-7(2)8-4-3-5-9(6-8)17-11(18)12(15,16)10(13)14/h3-7,10H,1-2H3,(H,17,18). The summed E-state index contributed by atoms with van der Waals surface area (Å²) in [5.41, 5.74) is 0.889. The van der Waals surface area contributed by atoms with E-state index in [2.05, 4.69) is 0 Å². The molecular formula is C12H13F4NO. The van der Waals surface area contributed by atoms with Crippen LogP contribution in [0.1, 0.15) is 25.3 Å². The normalized spacial score (nSPS) is 12.0. The second-order valence-corrected chi connectivity index (χ2v) is 4.16. The molecule has 1 rings (SSSR count). The number of benzene rings is 1. The van der Waals surface area contributed by atoms with Crippen LogP contribution in [0.4, 0.5) is 23.2 Å². The second-order valence-electron chi connectivity index (χ2n) is 4.16. The molecule has 0 saturated carbocycles. The van der Waals surface area contributed by atoms with Crippen molar-refractivity contribution in [3.63, 3.8) is 0 Å². The molecule has 1 amide bonds. The third-order valence-corrected chi connectivity index (χ3v) is 2.39. The lowest BCUT2D eigenvalue weighted by Gasteiger charge is -2.15. The fourth-order valence-electron chi connectivity index (χ4n) is 1.29. The van der Waals surface area contributed by atoms with Crippen LogP contribution in [0.5, 0.6) is 0 Å². The number of nitrogens with one attached hydrogen (secondary N) is 1. The number of hydrogen-bond acceptors (Lipinski definition) is 1. The molecule has 1 aromatic carbocycles. The van der Waals surface area contributed by atoms with Crippen LogP contribution in [0.15, 0.2) is 24.3 Å². The molecule has 0 radical (unpaired) electrons. The van der Waals surface area contributed by atoms with Crippen molar-refractivity contribution in [2.75, 3.05) is 5.32 Å². The molecule has 0 spiro atoms. The van der Waals surface area contributed by atoms with Gasteiger partial charge in [0.25, 0.3) is 0 Å². The Morgan fingerprint density at radius 3 is 2.39 bits per heavy atom. The lowest BCUT2D eigenvalue weighted by atomic mass is 10.0. The average Bonchev–Trinajstić information content (AvgIpc) is 2.28. The van der Waals surface area contributed by atoms with E-state index < -0.39 is 18.3 Å². The van der Waals surface area contributed by atoms with E-state index in [1.807, 2.05) is 13.8 Å². The van der Waals surface area contributed by atoms with Crippen molar-refractivity contribution in [2.45, 2.75) is 32.1 Å². The van der Waals surface area contributed by atoms with Gasteiger partial charge in [0, 0.05) is 5.69 Å². The molecule has 0 saturated heterocycles. The Bertz CT molecular complexity index is 432. The maximum absolute atomic E-state index is 12.7. The molecule has 0 aromatic heterocycles. The molecule has 0 fully saturated rings. The summed E-state index contributed by atoms with van der Waals surface area (Å²) in [5, 5.41) is 1.79. The van der Waals surface area contributed by atoms with Crippen molar-refractivity contribution in [3.05, 3.63) is 29.8 Å². The lowest BCUT2D eigenvalue weighted by Crippen LogP contribution is -2.40. The highest BCUT2D eigenvalue weighted by Gasteiger charge is 2.48. The van der Waals surface area contributed by atoms with E-state index in [9.17, 15) is 22.4 Å². The van der Waals surface area contributed by atoms with Gasteiger partial charge in [-0.3, -0.25) is 4.79 Å². The van der Waals surface area contributed by atoms with Crippen LogP contribution >= 0.6 is 0 Å². The molecule has 0 aliphatic carbocycles. The third kappa shape index (κ3) is 3.21. The van der Waals surface area contributed by atoms with Crippen molar-refractivity contribution in [3.8, 4) is 0 Å². The number of carbonyl (C=O) groups excluding carboxylic acids is 1. The molecule has 100 valence electrons. The zero-order chi connectivity index (χ0) is 13.9. The maximum Gasteiger partial charge on any atom is 0.383 e. The number of anilines is 1. The molecule has 0 unspecified atom stereocenters. The van der Waals surface area contributed by atoms with Gasteiger partial charge in [0.05, 0.1) is 0 Å². The SMILES string of the molecule is CC(C)c1cccc(NC(=O)C(F)(F)C(F)F)c1. The first-order valence-corrected chi connectivity index (χ1v) is 5.32. The number of alkyl halides is 4. The molecule has 1 aromatic rings. The Labute approximate surface area is 102 Å². The fourth-order valence-corrected chi connectivity index (χ4v) is 1.29. The van der Waals surface area contributed by atoms with Crippen LogP contribution < -0.4 is 5.32 Å². The third-order valence-electron chi connectivity index (χ3n) is 2.39. The summed E-state index contributed by atoms with van der Waals surface area (Å²) in [5.74, 6) is -6.55. The van der Waals surface area contributed by atoms with Crippen LogP contribution in [0.2, 0.25) is 0 Å². The maximum atomic E-state index is 12.7. The zero-order valence-electron chi connectivity index (χ0n) is 9.88. The second kappa shape index (κ2) is 5.37. The number of hydrogen-bond donors (Lipinski definition) is 1. The van der Waals surface area contributed by atoms with Crippen molar-refractivity contribution in [1.29, 1.82) is 0 Å². The van der Waals surface area contributed by atoms with Crippen LogP contribution in [-0.2, 0) is 4.79 Å². The highest BCUT2D eigenvalue weighted by molar-refractivity contribution is 5.96. The van der Waals surface area contributed by atoms with Crippen molar-refractivity contribution in [2.24, 2.45) is 0 Å². The van der Waals surface area contributed by atoms with Crippen LogP contribution in [0, 0.1) is 0 Å². The predicted molar refractivity (Wildman–Crippen MR) is 60.1 cm³/mol. The summed E-state index contributed by atoms with van der Waals surface area (Å²) in [4.78, 5) is 11.0. The molecule has 18 heavy (non-hydrogen) atoms. The smallest absolute Gasteiger partial charge is 0.321 e. The van der Waals surface area contributed by atoms with Gasteiger partial charge in [0.1, 0.15) is 0 Å². The summed E-state index contributed by atoms with van der Waals surface area (Å²) < 4.78 is 49.4. The summed E-state index contributed by atoms with van der Waals surface area (Å²) >= 11 is 0. The van der Waals surface area contributed by atoms with E-state index >= 15 is 0 Å². The summed E-state index contributed by atoms with van der Waals surface area (Å²) in [7, 11) is 0. The monoisotopic (exact) mass is 263 g/mol. The van der Waals surface area contributed by atoms with Gasteiger partial charge in [-0.2, -0.15) is 8.78 Å². The minimum atomic E-state index is -4.69. The number of amides is 1. The van der Waals surface area contributed by atoms with E-state index in [1.165, 1.54) is 12.1 Å². The van der Waals surface area contributed by atoms with E-state index in [0.29, 0.717) is 0 Å². The molecule has 0 aliphatic heterocycles. The Hall–Kier alpha value is -1.59. The molecule has 0 heterocycles. The van der Waals surface area contributed by atoms with Crippen molar-refractivity contribution < 1.29 is 22.4 Å². The van der Waals surface area contributed by atoms with E-state index in [-0.39, 0.29) is 11.6 Å². The minimum Gasteiger partial charge on any atom is -0.321 e. The fraction of sp³-hybridized carbons (Fsp3) is 0.417. The molecule has 0 atom stereocenters. The molecule has 0 aliphatic rings. The minimum absolute atomic E-state index is 0.0755. The summed E-state index contributed by atoms with van der Waals surface area (Å²) in [6, 6.07) is 6.16. The molecule has 2 nitrogen and oxygen atoms in total. The first-order chi connectivity index (χ1) is 8.25. The van der Waals surface area contributed by atoms with Gasteiger partial charge in [-0.05, 0) is 23.6 Å². The molecule has 0 bridgehead atoms. The number of halogens is 4. The highest BCUT2D eigenvalue weighted by atomic mass is 19.3. The van der Waals surface area contributed by atoms with Crippen LogP contribution in [-0.4, -0.2) is 18.3 Å². The average molecular weight is 263 g/mol. The molecule has 1 N–H and O–H groups in total. The van der Waals surface area contributed by atoms with Gasteiger partial charge in [-0.1, -0.05) is 26.0 Å². The lowest BCUT2D eigenvalue weighted by molar-refractivity contribution is -0.163. The van der Waals surface area contributed by atoms with Gasteiger partial charge in [-0.15, -0.1) is 0 Å². The van der Waals surface area contributed by atoms with Gasteiger partial charge >= 0.3 is 18.3 Å². The molecule has 6 heteroatoms. The Morgan fingerprint density at radius 2 is 1.89 bits per heavy atom. The first-order valence-electron chi connectivity index (χ1n) is 5.32. The number of rotatable bonds is 4. The van der Waals surface area contributed by atoms with Crippen LogP contribution in [0.3, 0.4) is 0 Å². The Kier molecular flexibility index (Phi) is 4.32. The zero-order valence-corrected chi connectivity index (χ0v) is 9.88. The van der Waals surface area contributed by atoms with Crippen molar-refractivity contribution >= 4 is 11.6 Å². The van der Waals surface area contributed by atoms with Gasteiger partial charge in [-0.25, -0.2) is 8.78 Å². The van der Waals surface area contributed by atoms with Gasteiger partial charge in [0.15, 0.2) is 0 Å². The number of carbonyl (C=O) groups is 1. The summed E-state index contributed by atoms with van der Waals surface area (Å²) in [6.07, 6.45) is -4.02. The van der Waals surface area contributed by atoms with E-state index in [0.717, 1.165) is 5.56 Å². The van der Waals surface area contributed by atoms with Crippen LogP contribution in [0.25, 0.3) is 0 Å². The quantitative estimate of drug-likeness (QED) is 0.825. The first kappa shape index (κ1) is 14.5. The predicted octanol–water partition coefficient (Wildman–Crippen LogP) is 3.65. The largest absolute Gasteiger partial charge is 0.383 e. The van der Waals surface area contributed by atoms with E-state index in [1.54, 1.807) is 17.4 Å². The van der Waals surface area contributed by atoms with Gasteiger partial charge < -0.3 is 5.32 Å². The van der Waals surface area contributed by atoms with Crippen molar-refractivity contribution in [1.82, 2.24) is 0 Å². The molecular weight excluding hydrogens is 250 g/mol. The topological polar surface area (TPSA) is 29.1 Å². The Morgan fingerprint density at radius 1 is 1.28 bits per heavy atom. The van der Waals surface area contributed by atoms with Gasteiger partial charge in [0.2, 0.25) is 0 Å².